The van der Waals surface area contributed by atoms with Crippen molar-refractivity contribution in [2.45, 2.75) is 25.3 Å². The molecule has 2 N–H and O–H groups in total. The lowest BCUT2D eigenvalue weighted by Crippen LogP contribution is -2.38. The fourth-order valence-corrected chi connectivity index (χ4v) is 3.77. The van der Waals surface area contributed by atoms with Crippen molar-refractivity contribution in [3.8, 4) is 11.5 Å². The molecule has 1 aromatic heterocycles. The maximum absolute atomic E-state index is 13.5. The molecule has 0 radical (unpaired) electrons. The summed E-state index contributed by atoms with van der Waals surface area (Å²) >= 11 is 0. The number of aryl methyl sites for hydroxylation is 1. The van der Waals surface area contributed by atoms with E-state index < -0.39 is 0 Å². The standard InChI is InChI=1S/C21H21FN2O3/c1-26-19-8-3-12(9-20(19)27-2)21(25)23-14-5-7-17-16(11-14)15-6-4-13(22)10-18(15)24-17/h3-4,6,8-10,14,24H,5,7,11H2,1-2H3,(H,23,25). The van der Waals surface area contributed by atoms with E-state index in [1.54, 1.807) is 38.5 Å². The highest BCUT2D eigenvalue weighted by Gasteiger charge is 2.24. The average Bonchev–Trinajstić information content (AvgIpc) is 3.04. The van der Waals surface area contributed by atoms with Crippen LogP contribution in [0, 0.1) is 5.82 Å². The van der Waals surface area contributed by atoms with Crippen LogP contribution >= 0.6 is 0 Å². The number of carbonyl (C=O) groups is 1. The minimum absolute atomic E-state index is 0.0298. The summed E-state index contributed by atoms with van der Waals surface area (Å²) in [6.07, 6.45) is 2.38. The zero-order valence-corrected chi connectivity index (χ0v) is 15.3. The first kappa shape index (κ1) is 17.4. The van der Waals surface area contributed by atoms with Crippen molar-refractivity contribution in [2.75, 3.05) is 14.2 Å². The number of nitrogens with one attached hydrogen (secondary N) is 2. The predicted molar refractivity (Wildman–Crippen MR) is 101 cm³/mol. The van der Waals surface area contributed by atoms with Crippen LogP contribution in [0.1, 0.15) is 28.0 Å². The normalized spacial score (nSPS) is 16.0. The molecule has 0 bridgehead atoms. The van der Waals surface area contributed by atoms with E-state index in [0.717, 1.165) is 41.4 Å². The molecule has 0 fully saturated rings. The second kappa shape index (κ2) is 6.95. The summed E-state index contributed by atoms with van der Waals surface area (Å²) in [5, 5.41) is 4.13. The van der Waals surface area contributed by atoms with Crippen molar-refractivity contribution in [2.24, 2.45) is 0 Å². The Bertz CT molecular complexity index is 1010. The molecule has 3 aromatic rings. The van der Waals surface area contributed by atoms with Gasteiger partial charge in [-0.2, -0.15) is 0 Å². The van der Waals surface area contributed by atoms with E-state index in [1.807, 2.05) is 0 Å². The SMILES string of the molecule is COc1ccc(C(=O)NC2CCc3[nH]c4cc(F)ccc4c3C2)cc1OC. The van der Waals surface area contributed by atoms with Gasteiger partial charge in [0.25, 0.3) is 5.91 Å². The van der Waals surface area contributed by atoms with E-state index >= 15 is 0 Å². The highest BCUT2D eigenvalue weighted by Crippen LogP contribution is 2.30. The number of fused-ring (bicyclic) bond motifs is 3. The number of aromatic nitrogens is 1. The molecule has 0 saturated heterocycles. The van der Waals surface area contributed by atoms with Crippen LogP contribution in [0.15, 0.2) is 36.4 Å². The predicted octanol–water partition coefficient (Wildman–Crippen LogP) is 3.61. The Morgan fingerprint density at radius 2 is 1.96 bits per heavy atom. The number of hydrogen-bond donors (Lipinski definition) is 2. The fraction of sp³-hybridized carbons (Fsp3) is 0.286. The number of carbonyl (C=O) groups excluding carboxylic acids is 1. The van der Waals surface area contributed by atoms with E-state index in [-0.39, 0.29) is 17.8 Å². The van der Waals surface area contributed by atoms with Gasteiger partial charge in [-0.25, -0.2) is 4.39 Å². The third kappa shape index (κ3) is 3.23. The zero-order chi connectivity index (χ0) is 19.0. The minimum atomic E-state index is -0.251. The molecule has 5 nitrogen and oxygen atoms in total. The molecule has 140 valence electrons. The molecule has 1 amide bonds. The van der Waals surface area contributed by atoms with E-state index in [2.05, 4.69) is 10.3 Å². The summed E-state index contributed by atoms with van der Waals surface area (Å²) in [5.41, 5.74) is 3.63. The molecule has 1 aliphatic rings. The van der Waals surface area contributed by atoms with Gasteiger partial charge in [-0.1, -0.05) is 0 Å². The molecule has 0 spiro atoms. The first-order valence-electron chi connectivity index (χ1n) is 8.91. The molecule has 1 heterocycles. The molecule has 4 rings (SSSR count). The van der Waals surface area contributed by atoms with Crippen molar-refractivity contribution < 1.29 is 18.7 Å². The van der Waals surface area contributed by atoms with E-state index in [1.165, 1.54) is 12.1 Å². The number of benzene rings is 2. The number of amides is 1. The maximum Gasteiger partial charge on any atom is 0.251 e. The first-order valence-corrected chi connectivity index (χ1v) is 8.91. The van der Waals surface area contributed by atoms with Gasteiger partial charge >= 0.3 is 0 Å². The maximum atomic E-state index is 13.5. The van der Waals surface area contributed by atoms with Crippen molar-refractivity contribution in [3.05, 3.63) is 59.0 Å². The average molecular weight is 368 g/mol. The lowest BCUT2D eigenvalue weighted by molar-refractivity contribution is 0.0933. The van der Waals surface area contributed by atoms with Crippen LogP contribution in [0.5, 0.6) is 11.5 Å². The number of ether oxygens (including phenoxy) is 2. The second-order valence-electron chi connectivity index (χ2n) is 6.75. The third-order valence-electron chi connectivity index (χ3n) is 5.13. The zero-order valence-electron chi connectivity index (χ0n) is 15.3. The Labute approximate surface area is 156 Å². The molecule has 0 saturated carbocycles. The lowest BCUT2D eigenvalue weighted by atomic mass is 9.91. The molecular formula is C21H21FN2O3. The Morgan fingerprint density at radius 3 is 2.74 bits per heavy atom. The number of aromatic amines is 1. The van der Waals surface area contributed by atoms with E-state index in [4.69, 9.17) is 9.47 Å². The smallest absolute Gasteiger partial charge is 0.251 e. The molecule has 1 unspecified atom stereocenters. The van der Waals surface area contributed by atoms with Gasteiger partial charge in [0.1, 0.15) is 5.82 Å². The second-order valence-corrected chi connectivity index (χ2v) is 6.75. The van der Waals surface area contributed by atoms with Gasteiger partial charge in [0, 0.05) is 28.2 Å². The molecule has 0 aliphatic heterocycles. The summed E-state index contributed by atoms with van der Waals surface area (Å²) in [4.78, 5) is 16.0. The molecule has 1 aliphatic carbocycles. The summed E-state index contributed by atoms with van der Waals surface area (Å²) in [7, 11) is 3.10. The minimum Gasteiger partial charge on any atom is -0.493 e. The van der Waals surface area contributed by atoms with Crippen LogP contribution in [-0.4, -0.2) is 31.2 Å². The number of methoxy groups -OCH3 is 2. The van der Waals surface area contributed by atoms with Gasteiger partial charge in [0.15, 0.2) is 11.5 Å². The topological polar surface area (TPSA) is 63.3 Å². The summed E-state index contributed by atoms with van der Waals surface area (Å²) in [6, 6.07) is 9.95. The van der Waals surface area contributed by atoms with Crippen molar-refractivity contribution in [1.82, 2.24) is 10.3 Å². The molecule has 6 heteroatoms. The van der Waals surface area contributed by atoms with Gasteiger partial charge < -0.3 is 19.8 Å². The number of hydrogen-bond acceptors (Lipinski definition) is 3. The van der Waals surface area contributed by atoms with E-state index in [9.17, 15) is 9.18 Å². The van der Waals surface area contributed by atoms with Gasteiger partial charge in [0.05, 0.1) is 14.2 Å². The molecule has 1 atom stereocenters. The van der Waals surface area contributed by atoms with Crippen LogP contribution in [0.2, 0.25) is 0 Å². The van der Waals surface area contributed by atoms with Crippen molar-refractivity contribution >= 4 is 16.8 Å². The summed E-state index contributed by atoms with van der Waals surface area (Å²) < 4.78 is 23.9. The van der Waals surface area contributed by atoms with Crippen LogP contribution in [-0.2, 0) is 12.8 Å². The van der Waals surface area contributed by atoms with Crippen LogP contribution in [0.25, 0.3) is 10.9 Å². The molecular weight excluding hydrogens is 347 g/mol. The Kier molecular flexibility index (Phi) is 4.48. The number of rotatable bonds is 4. The van der Waals surface area contributed by atoms with Gasteiger partial charge in [-0.15, -0.1) is 0 Å². The van der Waals surface area contributed by atoms with Gasteiger partial charge in [-0.05, 0) is 61.2 Å². The van der Waals surface area contributed by atoms with Crippen LogP contribution in [0.3, 0.4) is 0 Å². The summed E-state index contributed by atoms with van der Waals surface area (Å²) in [5.74, 6) is 0.715. The van der Waals surface area contributed by atoms with Crippen LogP contribution < -0.4 is 14.8 Å². The van der Waals surface area contributed by atoms with Crippen molar-refractivity contribution in [3.63, 3.8) is 0 Å². The first-order chi connectivity index (χ1) is 13.1. The van der Waals surface area contributed by atoms with Crippen molar-refractivity contribution in [1.29, 1.82) is 0 Å². The molecule has 27 heavy (non-hydrogen) atoms. The number of H-pyrrole nitrogens is 1. The fourth-order valence-electron chi connectivity index (χ4n) is 3.77. The highest BCUT2D eigenvalue weighted by atomic mass is 19.1. The Balaban J connectivity index is 1.53. The summed E-state index contributed by atoms with van der Waals surface area (Å²) in [6.45, 7) is 0. The largest absolute Gasteiger partial charge is 0.493 e. The Hall–Kier alpha value is -3.02. The van der Waals surface area contributed by atoms with Gasteiger partial charge in [0.2, 0.25) is 0 Å². The number of halogens is 1. The highest BCUT2D eigenvalue weighted by molar-refractivity contribution is 5.95. The molecule has 2 aromatic carbocycles. The van der Waals surface area contributed by atoms with E-state index in [0.29, 0.717) is 17.1 Å². The van der Waals surface area contributed by atoms with Crippen LogP contribution in [0.4, 0.5) is 4.39 Å². The quantitative estimate of drug-likeness (QED) is 0.739. The Morgan fingerprint density at radius 1 is 1.15 bits per heavy atom. The lowest BCUT2D eigenvalue weighted by Gasteiger charge is -2.24. The monoisotopic (exact) mass is 368 g/mol. The third-order valence-corrected chi connectivity index (χ3v) is 5.13. The van der Waals surface area contributed by atoms with Gasteiger partial charge in [-0.3, -0.25) is 4.79 Å².